The Morgan fingerprint density at radius 1 is 1.85 bits per heavy atom. The first-order valence-electron chi connectivity index (χ1n) is 4.03. The van der Waals surface area contributed by atoms with Gasteiger partial charge in [0, 0.05) is 18.7 Å². The van der Waals surface area contributed by atoms with Gasteiger partial charge in [-0.1, -0.05) is 5.16 Å². The topological polar surface area (TPSA) is 66.6 Å². The fraction of sp³-hybridized carbons (Fsp3) is 0.500. The van der Waals surface area contributed by atoms with Gasteiger partial charge in [0.05, 0.1) is 6.20 Å². The molecular weight excluding hydrogens is 172 g/mol. The van der Waals surface area contributed by atoms with Crippen molar-refractivity contribution in [1.82, 2.24) is 10.1 Å². The molecule has 1 aliphatic heterocycles. The zero-order valence-corrected chi connectivity index (χ0v) is 7.23. The highest BCUT2D eigenvalue weighted by Crippen LogP contribution is 2.27. The highest BCUT2D eigenvalue weighted by molar-refractivity contribution is 5.76. The molecule has 1 aromatic heterocycles. The highest BCUT2D eigenvalue weighted by Gasteiger charge is 2.32. The molecule has 1 aromatic rings. The average molecular weight is 182 g/mol. The summed E-state index contributed by atoms with van der Waals surface area (Å²) in [5.41, 5.74) is 0.876. The number of carboxylic acid groups (broad SMARTS) is 1. The van der Waals surface area contributed by atoms with Gasteiger partial charge in [-0.15, -0.1) is 0 Å². The lowest BCUT2D eigenvalue weighted by Crippen LogP contribution is -2.33. The third-order valence-electron chi connectivity index (χ3n) is 2.23. The van der Waals surface area contributed by atoms with Gasteiger partial charge < -0.3 is 14.5 Å². The predicted octanol–water partition coefficient (Wildman–Crippen LogP) is 0.288. The number of aromatic nitrogens is 1. The molecule has 0 spiro atoms. The first-order chi connectivity index (χ1) is 6.18. The minimum atomic E-state index is -0.857. The zero-order chi connectivity index (χ0) is 9.42. The molecule has 0 saturated carbocycles. The number of hydrogen-bond acceptors (Lipinski definition) is 4. The van der Waals surface area contributed by atoms with Crippen LogP contribution in [0.2, 0.25) is 0 Å². The fourth-order valence-electron chi connectivity index (χ4n) is 1.62. The van der Waals surface area contributed by atoms with Gasteiger partial charge in [0.15, 0.2) is 5.76 Å². The second-order valence-corrected chi connectivity index (χ2v) is 3.30. The van der Waals surface area contributed by atoms with Crippen molar-refractivity contribution in [2.75, 3.05) is 13.6 Å². The average Bonchev–Trinajstić information content (AvgIpc) is 2.49. The van der Waals surface area contributed by atoms with E-state index in [9.17, 15) is 4.79 Å². The van der Waals surface area contributed by atoms with E-state index in [4.69, 9.17) is 9.63 Å². The lowest BCUT2D eigenvalue weighted by Gasteiger charge is -2.25. The van der Waals surface area contributed by atoms with Gasteiger partial charge in [0.25, 0.3) is 0 Å². The second kappa shape index (κ2) is 2.85. The maximum Gasteiger partial charge on any atom is 0.315 e. The maximum atomic E-state index is 10.8. The van der Waals surface area contributed by atoms with Crippen LogP contribution in [0.15, 0.2) is 10.7 Å². The normalized spacial score (nSPS) is 22.7. The summed E-state index contributed by atoms with van der Waals surface area (Å²) in [7, 11) is 1.88. The van der Waals surface area contributed by atoms with E-state index in [0.29, 0.717) is 18.8 Å². The Bertz CT molecular complexity index is 334. The Labute approximate surface area is 74.9 Å². The van der Waals surface area contributed by atoms with Crippen LogP contribution in [0.3, 0.4) is 0 Å². The predicted molar refractivity (Wildman–Crippen MR) is 43.2 cm³/mol. The van der Waals surface area contributed by atoms with Gasteiger partial charge in [0.2, 0.25) is 0 Å². The molecule has 1 N–H and O–H groups in total. The molecule has 0 bridgehead atoms. The number of likely N-dealkylation sites (N-methyl/N-ethyl adjacent to an activating group) is 1. The smallest absolute Gasteiger partial charge is 0.315 e. The Morgan fingerprint density at radius 3 is 3.31 bits per heavy atom. The van der Waals surface area contributed by atoms with Gasteiger partial charge >= 0.3 is 5.97 Å². The van der Waals surface area contributed by atoms with E-state index < -0.39 is 11.9 Å². The van der Waals surface area contributed by atoms with Gasteiger partial charge in [-0.25, -0.2) is 0 Å². The van der Waals surface area contributed by atoms with E-state index in [-0.39, 0.29) is 0 Å². The summed E-state index contributed by atoms with van der Waals surface area (Å²) in [5, 5.41) is 12.5. The molecular formula is C8H10N2O3. The van der Waals surface area contributed by atoms with Crippen molar-refractivity contribution in [1.29, 1.82) is 0 Å². The third-order valence-corrected chi connectivity index (χ3v) is 2.23. The van der Waals surface area contributed by atoms with Crippen LogP contribution in [0.5, 0.6) is 0 Å². The number of rotatable bonds is 1. The molecule has 2 heterocycles. The number of hydrogen-bond donors (Lipinski definition) is 1. The SMILES string of the molecule is CN1Cc2cnoc2C(C(=O)O)C1. The number of fused-ring (bicyclic) bond motifs is 1. The molecule has 0 fully saturated rings. The number of carbonyl (C=O) groups is 1. The van der Waals surface area contributed by atoms with E-state index in [1.54, 1.807) is 6.20 Å². The van der Waals surface area contributed by atoms with Crippen molar-refractivity contribution in [2.24, 2.45) is 0 Å². The molecule has 0 saturated heterocycles. The van der Waals surface area contributed by atoms with Crippen LogP contribution < -0.4 is 0 Å². The Kier molecular flexibility index (Phi) is 1.81. The lowest BCUT2D eigenvalue weighted by atomic mass is 9.98. The second-order valence-electron chi connectivity index (χ2n) is 3.30. The molecule has 1 atom stereocenters. The molecule has 1 aliphatic rings. The molecule has 13 heavy (non-hydrogen) atoms. The largest absolute Gasteiger partial charge is 0.481 e. The summed E-state index contributed by atoms with van der Waals surface area (Å²) in [6.45, 7) is 1.19. The van der Waals surface area contributed by atoms with Crippen LogP contribution in [0.1, 0.15) is 17.2 Å². The van der Waals surface area contributed by atoms with Gasteiger partial charge in [0.1, 0.15) is 5.92 Å². The van der Waals surface area contributed by atoms with Gasteiger partial charge in [-0.2, -0.15) is 0 Å². The van der Waals surface area contributed by atoms with Crippen LogP contribution >= 0.6 is 0 Å². The van der Waals surface area contributed by atoms with E-state index in [2.05, 4.69) is 5.16 Å². The lowest BCUT2D eigenvalue weighted by molar-refractivity contribution is -0.140. The highest BCUT2D eigenvalue weighted by atomic mass is 16.5. The van der Waals surface area contributed by atoms with Crippen molar-refractivity contribution in [3.63, 3.8) is 0 Å². The van der Waals surface area contributed by atoms with Crippen molar-refractivity contribution in [2.45, 2.75) is 12.5 Å². The Hall–Kier alpha value is -1.36. The van der Waals surface area contributed by atoms with Crippen LogP contribution in [0, 0.1) is 0 Å². The van der Waals surface area contributed by atoms with Crippen LogP contribution in [-0.2, 0) is 11.3 Å². The fourth-order valence-corrected chi connectivity index (χ4v) is 1.62. The molecule has 0 aliphatic carbocycles. The van der Waals surface area contributed by atoms with Crippen LogP contribution in [-0.4, -0.2) is 34.7 Å². The molecule has 0 aromatic carbocycles. The standard InChI is InChI=1S/C8H10N2O3/c1-10-3-5-2-9-13-7(5)6(4-10)8(11)12/h2,6H,3-4H2,1H3,(H,11,12). The summed E-state index contributed by atoms with van der Waals surface area (Å²) in [6.07, 6.45) is 1.58. The molecule has 5 nitrogen and oxygen atoms in total. The Balaban J connectivity index is 2.38. The first-order valence-corrected chi connectivity index (χ1v) is 4.03. The van der Waals surface area contributed by atoms with Crippen LogP contribution in [0.25, 0.3) is 0 Å². The summed E-state index contributed by atoms with van der Waals surface area (Å²) in [6, 6.07) is 0. The third kappa shape index (κ3) is 1.31. The van der Waals surface area contributed by atoms with E-state index >= 15 is 0 Å². The molecule has 2 rings (SSSR count). The summed E-state index contributed by atoms with van der Waals surface area (Å²) in [4.78, 5) is 12.8. The molecule has 70 valence electrons. The maximum absolute atomic E-state index is 10.8. The Morgan fingerprint density at radius 2 is 2.62 bits per heavy atom. The van der Waals surface area contributed by atoms with E-state index in [1.165, 1.54) is 0 Å². The summed E-state index contributed by atoms with van der Waals surface area (Å²) in [5.74, 6) is -0.925. The first kappa shape index (κ1) is 8.25. The van der Waals surface area contributed by atoms with Crippen LogP contribution in [0.4, 0.5) is 0 Å². The van der Waals surface area contributed by atoms with Gasteiger partial charge in [-0.3, -0.25) is 4.79 Å². The summed E-state index contributed by atoms with van der Waals surface area (Å²) < 4.78 is 4.92. The number of carboxylic acids is 1. The number of aliphatic carboxylic acids is 1. The van der Waals surface area contributed by atoms with Crippen molar-refractivity contribution < 1.29 is 14.4 Å². The monoisotopic (exact) mass is 182 g/mol. The minimum Gasteiger partial charge on any atom is -0.481 e. The van der Waals surface area contributed by atoms with Crippen molar-refractivity contribution >= 4 is 5.97 Å². The van der Waals surface area contributed by atoms with E-state index in [0.717, 1.165) is 5.56 Å². The number of nitrogens with zero attached hydrogens (tertiary/aromatic N) is 2. The van der Waals surface area contributed by atoms with Crippen molar-refractivity contribution in [3.05, 3.63) is 17.5 Å². The quantitative estimate of drug-likeness (QED) is 0.676. The molecule has 0 radical (unpaired) electrons. The van der Waals surface area contributed by atoms with Gasteiger partial charge in [-0.05, 0) is 7.05 Å². The molecule has 5 heteroatoms. The zero-order valence-electron chi connectivity index (χ0n) is 7.23. The molecule has 1 unspecified atom stereocenters. The molecule has 0 amide bonds. The van der Waals surface area contributed by atoms with E-state index in [1.807, 2.05) is 11.9 Å². The summed E-state index contributed by atoms with van der Waals surface area (Å²) >= 11 is 0. The van der Waals surface area contributed by atoms with Crippen molar-refractivity contribution in [3.8, 4) is 0 Å². The minimum absolute atomic E-state index is 0.484.